The van der Waals surface area contributed by atoms with Gasteiger partial charge in [0.05, 0.1) is 22.3 Å². The highest BCUT2D eigenvalue weighted by Crippen LogP contribution is 2.24. The van der Waals surface area contributed by atoms with Gasteiger partial charge >= 0.3 is 0 Å². The summed E-state index contributed by atoms with van der Waals surface area (Å²) in [5.74, 6) is -0.308. The fourth-order valence-electron chi connectivity index (χ4n) is 1.53. The Balaban J connectivity index is 2.21. The Labute approximate surface area is 115 Å². The number of nitriles is 1. The first kappa shape index (κ1) is 12.9. The van der Waals surface area contributed by atoms with Gasteiger partial charge in [-0.3, -0.25) is 4.79 Å². The number of hydrogen-bond donors (Lipinski definition) is 2. The second-order valence-corrected chi connectivity index (χ2v) is 4.29. The second-order valence-electron chi connectivity index (χ2n) is 3.88. The van der Waals surface area contributed by atoms with E-state index in [2.05, 4.69) is 5.32 Å². The molecule has 0 unspecified atom stereocenters. The number of halogens is 1. The van der Waals surface area contributed by atoms with Crippen LogP contribution in [0.15, 0.2) is 42.5 Å². The average molecular weight is 272 g/mol. The van der Waals surface area contributed by atoms with E-state index in [1.807, 2.05) is 6.07 Å². The Morgan fingerprint density at radius 3 is 2.53 bits per heavy atom. The van der Waals surface area contributed by atoms with Crippen molar-refractivity contribution in [2.24, 2.45) is 0 Å². The quantitative estimate of drug-likeness (QED) is 0.824. The maximum absolute atomic E-state index is 12.0. The lowest BCUT2D eigenvalue weighted by molar-refractivity contribution is 0.102. The van der Waals surface area contributed by atoms with E-state index >= 15 is 0 Å². The maximum Gasteiger partial charge on any atom is 0.255 e. The zero-order valence-electron chi connectivity index (χ0n) is 9.85. The van der Waals surface area contributed by atoms with Crippen LogP contribution in [0.4, 0.5) is 11.4 Å². The summed E-state index contributed by atoms with van der Waals surface area (Å²) in [7, 11) is 0. The summed E-state index contributed by atoms with van der Waals surface area (Å²) in [6, 6.07) is 13.2. The van der Waals surface area contributed by atoms with E-state index < -0.39 is 0 Å². The number of nitrogens with two attached hydrogens (primary N) is 1. The topological polar surface area (TPSA) is 78.9 Å². The number of nitrogens with one attached hydrogen (secondary N) is 1. The Morgan fingerprint density at radius 1 is 1.21 bits per heavy atom. The normalized spacial score (nSPS) is 9.68. The molecular weight excluding hydrogens is 262 g/mol. The number of carbonyl (C=O) groups excluding carboxylic acids is 1. The number of nitrogens with zero attached hydrogens (tertiary/aromatic N) is 1. The molecule has 5 heteroatoms. The van der Waals surface area contributed by atoms with Crippen molar-refractivity contribution in [3.63, 3.8) is 0 Å². The van der Waals surface area contributed by atoms with Crippen LogP contribution in [-0.2, 0) is 0 Å². The molecule has 0 bridgehead atoms. The number of anilines is 2. The van der Waals surface area contributed by atoms with Gasteiger partial charge in [-0.25, -0.2) is 0 Å². The molecule has 1 amide bonds. The van der Waals surface area contributed by atoms with Crippen molar-refractivity contribution in [3.05, 3.63) is 58.6 Å². The lowest BCUT2D eigenvalue weighted by Crippen LogP contribution is -2.12. The van der Waals surface area contributed by atoms with Crippen molar-refractivity contribution in [2.75, 3.05) is 11.1 Å². The van der Waals surface area contributed by atoms with E-state index in [1.54, 1.807) is 42.5 Å². The molecule has 2 rings (SSSR count). The van der Waals surface area contributed by atoms with Crippen molar-refractivity contribution >= 4 is 28.9 Å². The summed E-state index contributed by atoms with van der Waals surface area (Å²) in [5.41, 5.74) is 7.54. The van der Waals surface area contributed by atoms with Crippen molar-refractivity contribution in [1.29, 1.82) is 5.26 Å². The standard InChI is InChI=1S/C14H10ClN3O/c15-12-6-5-11(17)7-13(12)18-14(19)10-3-1-9(8-16)2-4-10/h1-7H,17H2,(H,18,19). The predicted molar refractivity (Wildman–Crippen MR) is 75.0 cm³/mol. The van der Waals surface area contributed by atoms with Gasteiger partial charge in [-0.1, -0.05) is 11.6 Å². The van der Waals surface area contributed by atoms with Crippen LogP contribution in [0.2, 0.25) is 5.02 Å². The molecular formula is C14H10ClN3O. The number of rotatable bonds is 2. The summed E-state index contributed by atoms with van der Waals surface area (Å²) in [4.78, 5) is 12.0. The van der Waals surface area contributed by atoms with Gasteiger partial charge in [0.15, 0.2) is 0 Å². The third kappa shape index (κ3) is 3.03. The molecule has 3 N–H and O–H groups in total. The largest absolute Gasteiger partial charge is 0.399 e. The number of carbonyl (C=O) groups is 1. The first-order valence-corrected chi connectivity index (χ1v) is 5.84. The Hall–Kier alpha value is -2.51. The third-order valence-corrected chi connectivity index (χ3v) is 2.84. The second kappa shape index (κ2) is 5.42. The van der Waals surface area contributed by atoms with Crippen LogP contribution in [-0.4, -0.2) is 5.91 Å². The van der Waals surface area contributed by atoms with E-state index in [1.165, 1.54) is 0 Å². The Bertz CT molecular complexity index is 659. The van der Waals surface area contributed by atoms with E-state index in [-0.39, 0.29) is 5.91 Å². The molecule has 0 aromatic heterocycles. The van der Waals surface area contributed by atoms with Crippen LogP contribution < -0.4 is 11.1 Å². The Morgan fingerprint density at radius 2 is 1.89 bits per heavy atom. The summed E-state index contributed by atoms with van der Waals surface area (Å²) >= 11 is 5.96. The van der Waals surface area contributed by atoms with E-state index in [0.29, 0.717) is 27.5 Å². The molecule has 0 heterocycles. The first-order chi connectivity index (χ1) is 9.10. The highest BCUT2D eigenvalue weighted by Gasteiger charge is 2.08. The molecule has 0 aliphatic heterocycles. The minimum atomic E-state index is -0.308. The third-order valence-electron chi connectivity index (χ3n) is 2.51. The molecule has 94 valence electrons. The van der Waals surface area contributed by atoms with Crippen LogP contribution in [0.25, 0.3) is 0 Å². The monoisotopic (exact) mass is 271 g/mol. The van der Waals surface area contributed by atoms with E-state index in [9.17, 15) is 4.79 Å². The average Bonchev–Trinajstić information content (AvgIpc) is 2.43. The van der Waals surface area contributed by atoms with Crippen LogP contribution in [0, 0.1) is 11.3 Å². The number of amides is 1. The summed E-state index contributed by atoms with van der Waals surface area (Å²) in [6.07, 6.45) is 0. The van der Waals surface area contributed by atoms with Gasteiger partial charge in [0.1, 0.15) is 0 Å². The van der Waals surface area contributed by atoms with Gasteiger partial charge in [0.25, 0.3) is 5.91 Å². The van der Waals surface area contributed by atoms with E-state index in [0.717, 1.165) is 0 Å². The lowest BCUT2D eigenvalue weighted by Gasteiger charge is -2.08. The molecule has 0 radical (unpaired) electrons. The number of hydrogen-bond acceptors (Lipinski definition) is 3. The van der Waals surface area contributed by atoms with E-state index in [4.69, 9.17) is 22.6 Å². The molecule has 0 fully saturated rings. The fourth-order valence-corrected chi connectivity index (χ4v) is 1.69. The van der Waals surface area contributed by atoms with Crippen LogP contribution in [0.3, 0.4) is 0 Å². The zero-order chi connectivity index (χ0) is 13.8. The molecule has 0 saturated carbocycles. The maximum atomic E-state index is 12.0. The van der Waals surface area contributed by atoms with Gasteiger partial charge < -0.3 is 11.1 Å². The highest BCUT2D eigenvalue weighted by atomic mass is 35.5. The number of nitrogen functional groups attached to an aromatic ring is 1. The van der Waals surface area contributed by atoms with Gasteiger partial charge in [-0.15, -0.1) is 0 Å². The molecule has 4 nitrogen and oxygen atoms in total. The van der Waals surface area contributed by atoms with Gasteiger partial charge in [0, 0.05) is 11.3 Å². The van der Waals surface area contributed by atoms with Crippen molar-refractivity contribution in [3.8, 4) is 6.07 Å². The van der Waals surface area contributed by atoms with Crippen molar-refractivity contribution in [2.45, 2.75) is 0 Å². The van der Waals surface area contributed by atoms with Crippen LogP contribution in [0.5, 0.6) is 0 Å². The molecule has 0 spiro atoms. The van der Waals surface area contributed by atoms with Gasteiger partial charge in [-0.05, 0) is 42.5 Å². The zero-order valence-corrected chi connectivity index (χ0v) is 10.6. The molecule has 0 aliphatic rings. The highest BCUT2D eigenvalue weighted by molar-refractivity contribution is 6.34. The summed E-state index contributed by atoms with van der Waals surface area (Å²) < 4.78 is 0. The van der Waals surface area contributed by atoms with Crippen LogP contribution in [0.1, 0.15) is 15.9 Å². The number of benzene rings is 2. The minimum absolute atomic E-state index is 0.308. The minimum Gasteiger partial charge on any atom is -0.399 e. The van der Waals surface area contributed by atoms with Crippen LogP contribution >= 0.6 is 11.6 Å². The SMILES string of the molecule is N#Cc1ccc(C(=O)Nc2cc(N)ccc2Cl)cc1. The molecule has 0 saturated heterocycles. The predicted octanol–water partition coefficient (Wildman–Crippen LogP) is 3.05. The smallest absolute Gasteiger partial charge is 0.255 e. The lowest BCUT2D eigenvalue weighted by atomic mass is 10.1. The van der Waals surface area contributed by atoms with Crippen molar-refractivity contribution < 1.29 is 4.79 Å². The molecule has 19 heavy (non-hydrogen) atoms. The van der Waals surface area contributed by atoms with Crippen molar-refractivity contribution in [1.82, 2.24) is 0 Å². The van der Waals surface area contributed by atoms with Gasteiger partial charge in [0.2, 0.25) is 0 Å². The Kier molecular flexibility index (Phi) is 3.69. The van der Waals surface area contributed by atoms with Gasteiger partial charge in [-0.2, -0.15) is 5.26 Å². The molecule has 0 atom stereocenters. The first-order valence-electron chi connectivity index (χ1n) is 5.46. The molecule has 0 aliphatic carbocycles. The summed E-state index contributed by atoms with van der Waals surface area (Å²) in [6.45, 7) is 0. The molecule has 2 aromatic rings. The molecule has 2 aromatic carbocycles. The fraction of sp³-hybridized carbons (Fsp3) is 0. The summed E-state index contributed by atoms with van der Waals surface area (Å²) in [5, 5.41) is 11.8.